The molecular weight excluding hydrogens is 262 g/mol. The van der Waals surface area contributed by atoms with Crippen LogP contribution in [0.2, 0.25) is 0 Å². The van der Waals surface area contributed by atoms with Gasteiger partial charge in [0.05, 0.1) is 5.69 Å². The molecule has 1 unspecified atom stereocenters. The van der Waals surface area contributed by atoms with Crippen molar-refractivity contribution >= 4 is 29.0 Å². The van der Waals surface area contributed by atoms with Crippen LogP contribution in [-0.2, 0) is 4.84 Å². The molecule has 0 aromatic carbocycles. The molecule has 8 nitrogen and oxygen atoms in total. The fourth-order valence-electron chi connectivity index (χ4n) is 2.14. The second kappa shape index (κ2) is 4.93. The van der Waals surface area contributed by atoms with Crippen LogP contribution in [0.1, 0.15) is 11.3 Å². The first-order valence-electron chi connectivity index (χ1n) is 5.93. The van der Waals surface area contributed by atoms with E-state index < -0.39 is 0 Å². The molecule has 0 saturated heterocycles. The Labute approximate surface area is 113 Å². The predicted molar refractivity (Wildman–Crippen MR) is 72.1 cm³/mol. The highest BCUT2D eigenvalue weighted by atomic mass is 16.7. The number of nitrogens with one attached hydrogen (secondary N) is 2. The largest absolute Gasteiger partial charge is 0.427 e. The van der Waals surface area contributed by atoms with Crippen molar-refractivity contribution in [3.63, 3.8) is 0 Å². The molecule has 0 spiro atoms. The number of anilines is 1. The number of pyridine rings is 1. The number of hydroxylamine groups is 1. The Bertz CT molecular complexity index is 707. The average Bonchev–Trinajstić information content (AvgIpc) is 2.72. The topological polar surface area (TPSA) is 104 Å². The number of fused-ring (bicyclic) bond motifs is 3. The van der Waals surface area contributed by atoms with Crippen molar-refractivity contribution in [2.24, 2.45) is 0 Å². The minimum atomic E-state index is -0.259. The van der Waals surface area contributed by atoms with Crippen molar-refractivity contribution in [3.8, 4) is 0 Å². The lowest BCUT2D eigenvalue weighted by molar-refractivity contribution is 0.0411. The molecule has 20 heavy (non-hydrogen) atoms. The second-order valence-electron chi connectivity index (χ2n) is 4.16. The van der Waals surface area contributed by atoms with Gasteiger partial charge in [0, 0.05) is 12.6 Å². The van der Waals surface area contributed by atoms with Crippen molar-refractivity contribution in [1.29, 1.82) is 0 Å². The van der Waals surface area contributed by atoms with E-state index in [4.69, 9.17) is 10.0 Å². The molecule has 0 fully saturated rings. The number of rotatable bonds is 3. The van der Waals surface area contributed by atoms with Gasteiger partial charge < -0.3 is 5.21 Å². The third kappa shape index (κ3) is 1.92. The lowest BCUT2D eigenvalue weighted by Gasteiger charge is -2.06. The van der Waals surface area contributed by atoms with Crippen molar-refractivity contribution in [2.45, 2.75) is 6.10 Å². The SMILES string of the molecule is CNOC1C=Cc2nc(NO)c3ncn(O)c3c2C=C1. The third-order valence-electron chi connectivity index (χ3n) is 2.99. The Morgan fingerprint density at radius 1 is 1.35 bits per heavy atom. The fourth-order valence-corrected chi connectivity index (χ4v) is 2.14. The van der Waals surface area contributed by atoms with Crippen LogP contribution >= 0.6 is 0 Å². The molecule has 2 heterocycles. The Kier molecular flexibility index (Phi) is 3.11. The normalized spacial score (nSPS) is 17.2. The summed E-state index contributed by atoms with van der Waals surface area (Å²) in [7, 11) is 1.67. The monoisotopic (exact) mass is 275 g/mol. The van der Waals surface area contributed by atoms with Crippen molar-refractivity contribution in [2.75, 3.05) is 12.5 Å². The van der Waals surface area contributed by atoms with E-state index in [1.54, 1.807) is 25.3 Å². The van der Waals surface area contributed by atoms with Gasteiger partial charge in [0.2, 0.25) is 0 Å². The van der Waals surface area contributed by atoms with Crippen LogP contribution in [0, 0.1) is 0 Å². The van der Waals surface area contributed by atoms with E-state index >= 15 is 0 Å². The standard InChI is InChI=1S/C12H13N5O3/c1-13-20-7-2-4-8-9(5-3-7)15-12(16-18)10-11(8)17(19)6-14-10/h2-7,13,18-19H,1H3,(H,15,16). The molecule has 0 saturated carbocycles. The van der Waals surface area contributed by atoms with Crippen LogP contribution < -0.4 is 11.0 Å². The summed E-state index contributed by atoms with van der Waals surface area (Å²) in [5.41, 5.74) is 6.72. The van der Waals surface area contributed by atoms with Crippen LogP contribution in [0.4, 0.5) is 5.82 Å². The summed E-state index contributed by atoms with van der Waals surface area (Å²) in [6, 6.07) is 0. The zero-order chi connectivity index (χ0) is 14.1. The Balaban J connectivity index is 2.22. The third-order valence-corrected chi connectivity index (χ3v) is 2.99. The smallest absolute Gasteiger partial charge is 0.178 e. The summed E-state index contributed by atoms with van der Waals surface area (Å²) in [5, 5.41) is 19.0. The summed E-state index contributed by atoms with van der Waals surface area (Å²) in [5.74, 6) is 0.178. The molecule has 0 bridgehead atoms. The van der Waals surface area contributed by atoms with Gasteiger partial charge in [0.15, 0.2) is 5.82 Å². The van der Waals surface area contributed by atoms with Gasteiger partial charge in [0.1, 0.15) is 23.5 Å². The lowest BCUT2D eigenvalue weighted by Crippen LogP contribution is -2.16. The van der Waals surface area contributed by atoms with E-state index in [1.807, 2.05) is 11.6 Å². The molecule has 0 radical (unpaired) electrons. The minimum Gasteiger partial charge on any atom is -0.427 e. The lowest BCUT2D eigenvalue weighted by atomic mass is 10.1. The summed E-state index contributed by atoms with van der Waals surface area (Å²) >= 11 is 0. The maximum absolute atomic E-state index is 9.86. The highest BCUT2D eigenvalue weighted by molar-refractivity contribution is 5.95. The molecule has 8 heteroatoms. The second-order valence-corrected chi connectivity index (χ2v) is 4.16. The van der Waals surface area contributed by atoms with E-state index in [0.29, 0.717) is 22.3 Å². The van der Waals surface area contributed by atoms with Gasteiger partial charge in [-0.1, -0.05) is 6.08 Å². The Hall–Kier alpha value is -2.42. The molecule has 2 aromatic heterocycles. The quantitative estimate of drug-likeness (QED) is 0.490. The van der Waals surface area contributed by atoms with Gasteiger partial charge in [0.25, 0.3) is 0 Å². The Morgan fingerprint density at radius 3 is 2.90 bits per heavy atom. The van der Waals surface area contributed by atoms with Crippen LogP contribution in [0.15, 0.2) is 18.5 Å². The molecule has 4 N–H and O–H groups in total. The fraction of sp³-hybridized carbons (Fsp3) is 0.167. The van der Waals surface area contributed by atoms with E-state index in [1.165, 1.54) is 6.33 Å². The molecule has 0 aliphatic heterocycles. The van der Waals surface area contributed by atoms with Gasteiger partial charge in [-0.2, -0.15) is 4.73 Å². The number of nitrogens with zero attached hydrogens (tertiary/aromatic N) is 3. The first kappa shape index (κ1) is 12.6. The molecule has 3 rings (SSSR count). The maximum Gasteiger partial charge on any atom is 0.178 e. The van der Waals surface area contributed by atoms with Gasteiger partial charge in [-0.15, -0.1) is 0 Å². The molecule has 1 aliphatic carbocycles. The maximum atomic E-state index is 9.86. The number of imidazole rings is 1. The van der Waals surface area contributed by atoms with Crippen LogP contribution in [-0.4, -0.2) is 38.3 Å². The number of hydrogen-bond donors (Lipinski definition) is 4. The highest BCUT2D eigenvalue weighted by Crippen LogP contribution is 2.29. The van der Waals surface area contributed by atoms with Gasteiger partial charge >= 0.3 is 0 Å². The Morgan fingerprint density at radius 2 is 2.15 bits per heavy atom. The van der Waals surface area contributed by atoms with E-state index in [2.05, 4.69) is 15.4 Å². The summed E-state index contributed by atoms with van der Waals surface area (Å²) in [6.45, 7) is 0. The molecule has 1 atom stereocenters. The first-order valence-corrected chi connectivity index (χ1v) is 5.93. The van der Waals surface area contributed by atoms with Crippen molar-refractivity contribution in [1.82, 2.24) is 20.2 Å². The molecule has 1 aliphatic rings. The van der Waals surface area contributed by atoms with Crippen LogP contribution in [0.3, 0.4) is 0 Å². The summed E-state index contributed by atoms with van der Waals surface area (Å²) in [6.07, 6.45) is 8.16. The van der Waals surface area contributed by atoms with E-state index in [0.717, 1.165) is 4.73 Å². The molecule has 2 aromatic rings. The summed E-state index contributed by atoms with van der Waals surface area (Å²) in [4.78, 5) is 13.5. The zero-order valence-electron chi connectivity index (χ0n) is 10.6. The van der Waals surface area contributed by atoms with Crippen molar-refractivity contribution < 1.29 is 15.3 Å². The van der Waals surface area contributed by atoms with Gasteiger partial charge in [-0.3, -0.25) is 15.5 Å². The van der Waals surface area contributed by atoms with E-state index in [-0.39, 0.29) is 11.9 Å². The van der Waals surface area contributed by atoms with Crippen molar-refractivity contribution in [3.05, 3.63) is 29.7 Å². The van der Waals surface area contributed by atoms with Crippen LogP contribution in [0.25, 0.3) is 23.2 Å². The molecular formula is C12H13N5O3. The zero-order valence-corrected chi connectivity index (χ0v) is 10.6. The van der Waals surface area contributed by atoms with E-state index in [9.17, 15) is 5.21 Å². The van der Waals surface area contributed by atoms with Gasteiger partial charge in [-0.05, 0) is 18.2 Å². The predicted octanol–water partition coefficient (Wildman–Crippen LogP) is 1.03. The average molecular weight is 275 g/mol. The minimum absolute atomic E-state index is 0.178. The highest BCUT2D eigenvalue weighted by Gasteiger charge is 2.18. The first-order chi connectivity index (χ1) is 9.74. The molecule has 104 valence electrons. The molecule has 0 amide bonds. The summed E-state index contributed by atoms with van der Waals surface area (Å²) < 4.78 is 0.897. The number of aromatic nitrogens is 3. The number of hydrogen-bond acceptors (Lipinski definition) is 7. The van der Waals surface area contributed by atoms with Crippen LogP contribution in [0.5, 0.6) is 0 Å². The van der Waals surface area contributed by atoms with Gasteiger partial charge in [-0.25, -0.2) is 15.4 Å².